The molecule has 2 atom stereocenters. The monoisotopic (exact) mass is 499 g/mol. The smallest absolute Gasteiger partial charge is 0.422 e. The molecular formula is C25H21F4N5O2. The molecular weight excluding hydrogens is 478 g/mol. The van der Waals surface area contributed by atoms with Crippen LogP contribution in [0.2, 0.25) is 0 Å². The molecule has 0 radical (unpaired) electrons. The number of aromatic hydroxyl groups is 1. The van der Waals surface area contributed by atoms with Gasteiger partial charge >= 0.3 is 12.2 Å². The summed E-state index contributed by atoms with van der Waals surface area (Å²) >= 11 is 0. The third-order valence-electron chi connectivity index (χ3n) is 6.63. The quantitative estimate of drug-likeness (QED) is 0.398. The van der Waals surface area contributed by atoms with E-state index in [2.05, 4.69) is 20.3 Å². The number of phenolic OH excluding ortho intramolecular Hbond substituents is 1. The molecule has 0 saturated carbocycles. The lowest BCUT2D eigenvalue weighted by Crippen LogP contribution is -2.51. The first-order valence-electron chi connectivity index (χ1n) is 11.5. The maximum Gasteiger partial charge on any atom is 0.422 e. The zero-order valence-corrected chi connectivity index (χ0v) is 18.9. The van der Waals surface area contributed by atoms with E-state index in [9.17, 15) is 18.3 Å². The van der Waals surface area contributed by atoms with E-state index in [4.69, 9.17) is 4.74 Å². The molecule has 2 aliphatic rings. The first-order chi connectivity index (χ1) is 17.2. The zero-order valence-electron chi connectivity index (χ0n) is 18.9. The Morgan fingerprint density at radius 2 is 1.81 bits per heavy atom. The second-order valence-electron chi connectivity index (χ2n) is 9.17. The van der Waals surface area contributed by atoms with Crippen molar-refractivity contribution >= 4 is 27.5 Å². The van der Waals surface area contributed by atoms with E-state index in [1.54, 1.807) is 30.3 Å². The van der Waals surface area contributed by atoms with Gasteiger partial charge in [0.1, 0.15) is 22.8 Å². The Morgan fingerprint density at radius 3 is 2.56 bits per heavy atom. The second-order valence-corrected chi connectivity index (χ2v) is 9.17. The lowest BCUT2D eigenvalue weighted by Gasteiger charge is -2.34. The molecule has 2 saturated heterocycles. The van der Waals surface area contributed by atoms with Crippen molar-refractivity contribution in [2.75, 3.05) is 24.6 Å². The number of phenols is 1. The molecule has 2 unspecified atom stereocenters. The van der Waals surface area contributed by atoms with E-state index in [1.165, 1.54) is 12.3 Å². The summed E-state index contributed by atoms with van der Waals surface area (Å²) in [5.41, 5.74) is 0.0602. The van der Waals surface area contributed by atoms with Crippen LogP contribution in [-0.2, 0) is 0 Å². The predicted octanol–water partition coefficient (Wildman–Crippen LogP) is 4.57. The number of anilines is 1. The van der Waals surface area contributed by atoms with Crippen molar-refractivity contribution < 1.29 is 27.4 Å². The van der Waals surface area contributed by atoms with Gasteiger partial charge in [-0.05, 0) is 35.7 Å². The number of aromatic nitrogens is 3. The summed E-state index contributed by atoms with van der Waals surface area (Å²) in [5, 5.41) is 15.3. The van der Waals surface area contributed by atoms with Crippen LogP contribution in [0.25, 0.3) is 32.9 Å². The standard InChI is InChI=1S/C25H21F4N5O2/c26-20-21(18-8-16(35)7-13-3-1-2-4-17(13)18)30-9-19-22(20)32-24(36-12-25(27,28)29)33-23(19)34-10-14-5-6-15(11-34)31-14/h1-4,7-9,14-15,31,35H,5-6,10-12H2. The number of alkyl halides is 3. The SMILES string of the molecule is Oc1cc(-c2ncc3c(N4CC5CCC(C4)N5)nc(OCC(F)(F)F)nc3c2F)c2ccccc2c1. The first kappa shape index (κ1) is 22.7. The van der Waals surface area contributed by atoms with Gasteiger partial charge in [-0.3, -0.25) is 4.98 Å². The molecule has 7 nitrogen and oxygen atoms in total. The van der Waals surface area contributed by atoms with Crippen LogP contribution in [0.4, 0.5) is 23.4 Å². The van der Waals surface area contributed by atoms with Crippen molar-refractivity contribution in [2.45, 2.75) is 31.1 Å². The van der Waals surface area contributed by atoms with Crippen LogP contribution in [0, 0.1) is 5.82 Å². The van der Waals surface area contributed by atoms with Crippen molar-refractivity contribution in [3.8, 4) is 23.0 Å². The maximum absolute atomic E-state index is 16.0. The van der Waals surface area contributed by atoms with Crippen LogP contribution < -0.4 is 15.0 Å². The van der Waals surface area contributed by atoms with Crippen molar-refractivity contribution in [2.24, 2.45) is 0 Å². The highest BCUT2D eigenvalue weighted by Crippen LogP contribution is 2.37. The number of fused-ring (bicyclic) bond motifs is 4. The number of hydrogen-bond donors (Lipinski definition) is 2. The van der Waals surface area contributed by atoms with Gasteiger partial charge in [-0.15, -0.1) is 0 Å². The molecule has 2 aliphatic heterocycles. The van der Waals surface area contributed by atoms with E-state index in [1.807, 2.05) is 4.90 Å². The number of hydrogen-bond acceptors (Lipinski definition) is 7. The number of nitrogens with one attached hydrogen (secondary N) is 1. The molecule has 6 rings (SSSR count). The Bertz CT molecular complexity index is 1470. The first-order valence-corrected chi connectivity index (χ1v) is 11.5. The molecule has 4 heterocycles. The van der Waals surface area contributed by atoms with Crippen LogP contribution in [0.5, 0.6) is 11.8 Å². The van der Waals surface area contributed by atoms with Crippen molar-refractivity contribution in [3.63, 3.8) is 0 Å². The fraction of sp³-hybridized carbons (Fsp3) is 0.320. The average molecular weight is 499 g/mol. The molecule has 2 aromatic heterocycles. The second kappa shape index (κ2) is 8.44. The summed E-state index contributed by atoms with van der Waals surface area (Å²) in [6.07, 6.45) is -1.22. The molecule has 0 amide bonds. The van der Waals surface area contributed by atoms with Crippen LogP contribution in [0.1, 0.15) is 12.8 Å². The predicted molar refractivity (Wildman–Crippen MR) is 126 cm³/mol. The van der Waals surface area contributed by atoms with Gasteiger partial charge in [0.25, 0.3) is 0 Å². The highest BCUT2D eigenvalue weighted by Gasteiger charge is 2.35. The van der Waals surface area contributed by atoms with E-state index in [0.29, 0.717) is 29.4 Å². The molecule has 2 bridgehead atoms. The average Bonchev–Trinajstić information content (AvgIpc) is 3.19. The van der Waals surface area contributed by atoms with Crippen molar-refractivity contribution in [1.29, 1.82) is 0 Å². The number of pyridine rings is 1. The van der Waals surface area contributed by atoms with E-state index < -0.39 is 24.6 Å². The molecule has 4 aromatic rings. The molecule has 2 aromatic carbocycles. The third kappa shape index (κ3) is 4.13. The summed E-state index contributed by atoms with van der Waals surface area (Å²) in [4.78, 5) is 14.6. The van der Waals surface area contributed by atoms with Gasteiger partial charge in [0.05, 0.1) is 5.39 Å². The highest BCUT2D eigenvalue weighted by atomic mass is 19.4. The molecule has 36 heavy (non-hydrogen) atoms. The fourth-order valence-electron chi connectivity index (χ4n) is 5.12. The molecule has 2 fully saturated rings. The van der Waals surface area contributed by atoms with Gasteiger partial charge < -0.3 is 20.1 Å². The molecule has 2 N–H and O–H groups in total. The van der Waals surface area contributed by atoms with E-state index >= 15 is 4.39 Å². The summed E-state index contributed by atoms with van der Waals surface area (Å²) in [6, 6.07) is 9.95. The topological polar surface area (TPSA) is 83.4 Å². The van der Waals surface area contributed by atoms with Gasteiger partial charge in [-0.1, -0.05) is 24.3 Å². The maximum atomic E-state index is 16.0. The number of halogens is 4. The number of piperazine rings is 1. The van der Waals surface area contributed by atoms with E-state index in [-0.39, 0.29) is 40.2 Å². The van der Waals surface area contributed by atoms with Crippen LogP contribution in [-0.4, -0.2) is 58.0 Å². The van der Waals surface area contributed by atoms with Gasteiger partial charge in [-0.25, -0.2) is 4.39 Å². The largest absolute Gasteiger partial charge is 0.508 e. The van der Waals surface area contributed by atoms with Crippen LogP contribution in [0.15, 0.2) is 42.6 Å². The summed E-state index contributed by atoms with van der Waals surface area (Å²) in [7, 11) is 0. The van der Waals surface area contributed by atoms with Crippen molar-refractivity contribution in [3.05, 3.63) is 48.4 Å². The van der Waals surface area contributed by atoms with Crippen molar-refractivity contribution in [1.82, 2.24) is 20.3 Å². The Morgan fingerprint density at radius 1 is 1.06 bits per heavy atom. The van der Waals surface area contributed by atoms with Gasteiger partial charge in [0.2, 0.25) is 0 Å². The minimum absolute atomic E-state index is 0.0705. The van der Waals surface area contributed by atoms with Gasteiger partial charge in [0, 0.05) is 36.9 Å². The van der Waals surface area contributed by atoms with E-state index in [0.717, 1.165) is 12.8 Å². The summed E-state index contributed by atoms with van der Waals surface area (Å²) in [6.45, 7) is -0.453. The molecule has 186 valence electrons. The zero-order chi connectivity index (χ0) is 25.0. The Labute approximate surface area is 202 Å². The third-order valence-corrected chi connectivity index (χ3v) is 6.63. The summed E-state index contributed by atoms with van der Waals surface area (Å²) in [5.74, 6) is -0.616. The fourth-order valence-corrected chi connectivity index (χ4v) is 5.12. The van der Waals surface area contributed by atoms with Gasteiger partial charge in [-0.2, -0.15) is 23.1 Å². The number of rotatable bonds is 4. The molecule has 0 aliphatic carbocycles. The van der Waals surface area contributed by atoms with Crippen LogP contribution in [0.3, 0.4) is 0 Å². The number of ether oxygens (including phenoxy) is 1. The molecule has 0 spiro atoms. The normalized spacial score (nSPS) is 19.8. The number of nitrogens with zero attached hydrogens (tertiary/aromatic N) is 4. The minimum Gasteiger partial charge on any atom is -0.508 e. The number of benzene rings is 2. The van der Waals surface area contributed by atoms with Gasteiger partial charge in [0.15, 0.2) is 12.4 Å². The summed E-state index contributed by atoms with van der Waals surface area (Å²) < 4.78 is 59.5. The lowest BCUT2D eigenvalue weighted by atomic mass is 10.0. The Kier molecular flexibility index (Phi) is 5.32. The highest BCUT2D eigenvalue weighted by molar-refractivity contribution is 5.99. The Hall–Kier alpha value is -3.73. The lowest BCUT2D eigenvalue weighted by molar-refractivity contribution is -0.154. The minimum atomic E-state index is -4.60. The molecule has 11 heteroatoms. The Balaban J connectivity index is 1.53. The van der Waals surface area contributed by atoms with Crippen LogP contribution >= 0.6 is 0 Å².